The minimum Gasteiger partial charge on any atom is -0.492 e. The van der Waals surface area contributed by atoms with Crippen molar-refractivity contribution in [3.63, 3.8) is 0 Å². The van der Waals surface area contributed by atoms with Crippen LogP contribution < -0.4 is 4.74 Å². The van der Waals surface area contributed by atoms with Crippen LogP contribution in [0.25, 0.3) is 0 Å². The maximum absolute atomic E-state index is 11.0. The van der Waals surface area contributed by atoms with Crippen molar-refractivity contribution >= 4 is 28.9 Å². The van der Waals surface area contributed by atoms with E-state index in [0.29, 0.717) is 28.8 Å². The van der Waals surface area contributed by atoms with E-state index < -0.39 is 12.1 Å². The molecule has 0 radical (unpaired) electrons. The van der Waals surface area contributed by atoms with Crippen LogP contribution in [0.1, 0.15) is 47.3 Å². The Balaban J connectivity index is 1.34. The Morgan fingerprint density at radius 2 is 2.18 bits per heavy atom. The van der Waals surface area contributed by atoms with Crippen molar-refractivity contribution in [3.8, 4) is 5.75 Å². The quantitative estimate of drug-likeness (QED) is 0.724. The molecule has 28 heavy (non-hydrogen) atoms. The number of carboxylic acids is 1. The molecular weight excluding hydrogens is 402 g/mol. The molecule has 2 aromatic rings. The molecule has 8 heteroatoms. The van der Waals surface area contributed by atoms with Crippen LogP contribution in [0, 0.1) is 11.8 Å². The summed E-state index contributed by atoms with van der Waals surface area (Å²) >= 11 is 7.44. The van der Waals surface area contributed by atoms with Gasteiger partial charge in [-0.15, -0.1) is 11.3 Å². The van der Waals surface area contributed by atoms with Gasteiger partial charge in [-0.05, 0) is 43.2 Å². The molecule has 1 saturated carbocycles. The van der Waals surface area contributed by atoms with Gasteiger partial charge in [-0.1, -0.05) is 23.7 Å². The lowest BCUT2D eigenvalue weighted by molar-refractivity contribution is -0.0798. The van der Waals surface area contributed by atoms with E-state index in [9.17, 15) is 9.90 Å². The first-order valence-electron chi connectivity index (χ1n) is 9.42. The van der Waals surface area contributed by atoms with Crippen molar-refractivity contribution in [2.24, 2.45) is 11.8 Å². The maximum Gasteiger partial charge on any atom is 0.355 e. The normalized spacial score (nSPS) is 29.4. The van der Waals surface area contributed by atoms with E-state index in [1.807, 2.05) is 18.2 Å². The molecule has 1 saturated heterocycles. The van der Waals surface area contributed by atoms with Gasteiger partial charge in [0.15, 0.2) is 5.69 Å². The standard InChI is InChI=1S/C20H22ClNO5S/c21-13-3-1-2-4-16(13)26-8-7-11-12-5-6-17(27-18(12)9-15(11)23)19-22-14(10-28-19)20(24)25/h1-4,10-12,15,17-18,23H,5-9H2,(H,24,25)/t11-,12-,15-,17-,18+/m1/s1. The lowest BCUT2D eigenvalue weighted by Gasteiger charge is -2.34. The maximum atomic E-state index is 11.0. The molecule has 0 amide bonds. The van der Waals surface area contributed by atoms with Crippen molar-refractivity contribution < 1.29 is 24.5 Å². The SMILES string of the molecule is O=C(O)c1csc([C@H]2CC[C@@H]3[C@@H](CCOc4ccccc4Cl)[C@H](O)C[C@@H]3O2)n1. The molecular formula is C20H22ClNO5S. The number of halogens is 1. The number of aromatic nitrogens is 1. The first-order chi connectivity index (χ1) is 13.5. The third-order valence-corrected chi connectivity index (χ3v) is 6.91. The van der Waals surface area contributed by atoms with E-state index in [4.69, 9.17) is 26.2 Å². The van der Waals surface area contributed by atoms with Crippen LogP contribution in [-0.4, -0.2) is 40.0 Å². The van der Waals surface area contributed by atoms with Gasteiger partial charge in [0.05, 0.1) is 23.8 Å². The van der Waals surface area contributed by atoms with Crippen molar-refractivity contribution in [1.82, 2.24) is 4.98 Å². The third kappa shape index (κ3) is 4.03. The van der Waals surface area contributed by atoms with E-state index in [0.717, 1.165) is 19.3 Å². The summed E-state index contributed by atoms with van der Waals surface area (Å²) in [6.07, 6.45) is 2.39. The van der Waals surface area contributed by atoms with Gasteiger partial charge in [-0.3, -0.25) is 0 Å². The molecule has 1 aliphatic carbocycles. The second-order valence-electron chi connectivity index (χ2n) is 7.31. The van der Waals surface area contributed by atoms with Crippen LogP contribution in [0.4, 0.5) is 0 Å². The summed E-state index contributed by atoms with van der Waals surface area (Å²) in [5.74, 6) is 0.0385. The van der Waals surface area contributed by atoms with Gasteiger partial charge in [-0.2, -0.15) is 0 Å². The highest BCUT2D eigenvalue weighted by Gasteiger charge is 2.46. The zero-order chi connectivity index (χ0) is 19.7. The highest BCUT2D eigenvalue weighted by atomic mass is 35.5. The predicted octanol–water partition coefficient (Wildman–Crippen LogP) is 4.18. The van der Waals surface area contributed by atoms with E-state index in [2.05, 4.69) is 4.98 Å². The lowest BCUT2D eigenvalue weighted by Crippen LogP contribution is -2.31. The predicted molar refractivity (Wildman–Crippen MR) is 105 cm³/mol. The smallest absolute Gasteiger partial charge is 0.355 e. The van der Waals surface area contributed by atoms with Gasteiger partial charge in [0, 0.05) is 11.8 Å². The number of aromatic carboxylic acids is 1. The first-order valence-corrected chi connectivity index (χ1v) is 10.7. The highest BCUT2D eigenvalue weighted by molar-refractivity contribution is 7.09. The fourth-order valence-corrected chi connectivity index (χ4v) is 5.37. The molecule has 0 unspecified atom stereocenters. The van der Waals surface area contributed by atoms with Gasteiger partial charge in [0.2, 0.25) is 0 Å². The molecule has 2 N–H and O–H groups in total. The number of aliphatic hydroxyl groups is 1. The molecule has 0 spiro atoms. The van der Waals surface area contributed by atoms with Crippen LogP contribution >= 0.6 is 22.9 Å². The Hall–Kier alpha value is -1.67. The molecule has 1 aromatic carbocycles. The Bertz CT molecular complexity index is 844. The fraction of sp³-hybridized carbons (Fsp3) is 0.500. The summed E-state index contributed by atoms with van der Waals surface area (Å²) in [6.45, 7) is 0.493. The molecule has 2 heterocycles. The number of para-hydroxylation sites is 1. The Labute approximate surface area is 172 Å². The molecule has 0 bridgehead atoms. The number of carboxylic acid groups (broad SMARTS) is 1. The zero-order valence-corrected chi connectivity index (χ0v) is 16.7. The summed E-state index contributed by atoms with van der Waals surface area (Å²) in [4.78, 5) is 15.2. The number of thiazole rings is 1. The van der Waals surface area contributed by atoms with E-state index in [1.165, 1.54) is 11.3 Å². The number of rotatable bonds is 6. The summed E-state index contributed by atoms with van der Waals surface area (Å²) in [5, 5.41) is 22.4. The summed E-state index contributed by atoms with van der Waals surface area (Å²) in [7, 11) is 0. The molecule has 2 aliphatic rings. The van der Waals surface area contributed by atoms with Crippen molar-refractivity contribution in [2.75, 3.05) is 6.61 Å². The molecule has 150 valence electrons. The fourth-order valence-electron chi connectivity index (χ4n) is 4.32. The van der Waals surface area contributed by atoms with Gasteiger partial charge in [0.25, 0.3) is 0 Å². The Morgan fingerprint density at radius 3 is 2.93 bits per heavy atom. The van der Waals surface area contributed by atoms with Crippen LogP contribution in [0.2, 0.25) is 5.02 Å². The summed E-state index contributed by atoms with van der Waals surface area (Å²) < 4.78 is 12.0. The topological polar surface area (TPSA) is 88.9 Å². The molecule has 1 aliphatic heterocycles. The van der Waals surface area contributed by atoms with Gasteiger partial charge >= 0.3 is 5.97 Å². The van der Waals surface area contributed by atoms with E-state index >= 15 is 0 Å². The van der Waals surface area contributed by atoms with Crippen molar-refractivity contribution in [3.05, 3.63) is 45.4 Å². The Morgan fingerprint density at radius 1 is 1.36 bits per heavy atom. The lowest BCUT2D eigenvalue weighted by atomic mass is 9.85. The monoisotopic (exact) mass is 423 g/mol. The van der Waals surface area contributed by atoms with Crippen LogP contribution in [0.3, 0.4) is 0 Å². The van der Waals surface area contributed by atoms with Crippen LogP contribution in [-0.2, 0) is 4.74 Å². The Kier molecular flexibility index (Phi) is 5.87. The second-order valence-corrected chi connectivity index (χ2v) is 8.61. The minimum absolute atomic E-state index is 0.0313. The third-order valence-electron chi connectivity index (χ3n) is 5.66. The summed E-state index contributed by atoms with van der Waals surface area (Å²) in [6, 6.07) is 7.37. The van der Waals surface area contributed by atoms with Crippen LogP contribution in [0.15, 0.2) is 29.6 Å². The van der Waals surface area contributed by atoms with E-state index in [1.54, 1.807) is 11.4 Å². The average molecular weight is 424 g/mol. The number of hydrogen-bond acceptors (Lipinski definition) is 6. The molecule has 2 fully saturated rings. The van der Waals surface area contributed by atoms with Crippen molar-refractivity contribution in [1.29, 1.82) is 0 Å². The first kappa shape index (κ1) is 19.6. The van der Waals surface area contributed by atoms with Crippen molar-refractivity contribution in [2.45, 2.75) is 44.0 Å². The molecule has 6 nitrogen and oxygen atoms in total. The highest BCUT2D eigenvalue weighted by Crippen LogP contribution is 2.47. The zero-order valence-electron chi connectivity index (χ0n) is 15.2. The van der Waals surface area contributed by atoms with Crippen LogP contribution in [0.5, 0.6) is 5.75 Å². The van der Waals surface area contributed by atoms with Gasteiger partial charge in [-0.25, -0.2) is 9.78 Å². The molecule has 5 atom stereocenters. The average Bonchev–Trinajstić information content (AvgIpc) is 3.28. The number of hydrogen-bond donors (Lipinski definition) is 2. The largest absolute Gasteiger partial charge is 0.492 e. The molecule has 4 rings (SSSR count). The number of carbonyl (C=O) groups is 1. The minimum atomic E-state index is -1.02. The number of aliphatic hydroxyl groups excluding tert-OH is 1. The number of fused-ring (bicyclic) bond motifs is 1. The van der Waals surface area contributed by atoms with Gasteiger partial charge < -0.3 is 19.7 Å². The second kappa shape index (κ2) is 8.37. The molecule has 1 aromatic heterocycles. The van der Waals surface area contributed by atoms with E-state index in [-0.39, 0.29) is 29.7 Å². The summed E-state index contributed by atoms with van der Waals surface area (Å²) in [5.41, 5.74) is 0.0618. The van der Waals surface area contributed by atoms with Gasteiger partial charge in [0.1, 0.15) is 16.9 Å². The number of ether oxygens (including phenoxy) is 2. The number of nitrogens with zero attached hydrogens (tertiary/aromatic N) is 1. The number of benzene rings is 1.